The molecular formula is C22H22N2O7. The SMILES string of the molecule is COC(=O)c1cc(OCC(=O)Nc2ccccc2OC)c2cc(OC)c(OC)cc2n1. The zero-order valence-electron chi connectivity index (χ0n) is 17.6. The smallest absolute Gasteiger partial charge is 0.356 e. The van der Waals surface area contributed by atoms with Crippen molar-refractivity contribution in [2.75, 3.05) is 40.4 Å². The molecule has 9 heteroatoms. The molecule has 1 amide bonds. The number of pyridine rings is 1. The monoisotopic (exact) mass is 426 g/mol. The molecule has 31 heavy (non-hydrogen) atoms. The topological polar surface area (TPSA) is 105 Å². The van der Waals surface area contributed by atoms with Gasteiger partial charge in [-0.25, -0.2) is 9.78 Å². The van der Waals surface area contributed by atoms with Gasteiger partial charge < -0.3 is 29.0 Å². The van der Waals surface area contributed by atoms with Crippen LogP contribution in [0.15, 0.2) is 42.5 Å². The molecule has 2 aromatic carbocycles. The third kappa shape index (κ3) is 4.77. The lowest BCUT2D eigenvalue weighted by molar-refractivity contribution is -0.118. The Hall–Kier alpha value is -4.01. The zero-order chi connectivity index (χ0) is 22.4. The quantitative estimate of drug-likeness (QED) is 0.548. The lowest BCUT2D eigenvalue weighted by atomic mass is 10.1. The summed E-state index contributed by atoms with van der Waals surface area (Å²) >= 11 is 0. The Labute approximate surface area is 178 Å². The van der Waals surface area contributed by atoms with Gasteiger partial charge in [-0.05, 0) is 18.2 Å². The van der Waals surface area contributed by atoms with E-state index in [0.717, 1.165) is 0 Å². The highest BCUT2D eigenvalue weighted by atomic mass is 16.5. The van der Waals surface area contributed by atoms with Gasteiger partial charge in [-0.2, -0.15) is 0 Å². The molecule has 0 aliphatic rings. The molecule has 0 radical (unpaired) electrons. The normalized spacial score (nSPS) is 10.3. The first kappa shape index (κ1) is 21.7. The van der Waals surface area contributed by atoms with Crippen molar-refractivity contribution >= 4 is 28.5 Å². The summed E-state index contributed by atoms with van der Waals surface area (Å²) in [4.78, 5) is 28.8. The van der Waals surface area contributed by atoms with Gasteiger partial charge in [0.05, 0.1) is 39.6 Å². The molecule has 1 N–H and O–H groups in total. The molecular weight excluding hydrogens is 404 g/mol. The van der Waals surface area contributed by atoms with Crippen molar-refractivity contribution in [2.24, 2.45) is 0 Å². The average molecular weight is 426 g/mol. The first-order valence-electron chi connectivity index (χ1n) is 9.21. The van der Waals surface area contributed by atoms with Crippen molar-refractivity contribution in [3.05, 3.63) is 48.2 Å². The molecule has 0 fully saturated rings. The van der Waals surface area contributed by atoms with Crippen LogP contribution < -0.4 is 24.3 Å². The molecule has 0 aliphatic heterocycles. The van der Waals surface area contributed by atoms with E-state index in [4.69, 9.17) is 23.7 Å². The summed E-state index contributed by atoms with van der Waals surface area (Å²) in [5.41, 5.74) is 0.961. The number of benzene rings is 2. The van der Waals surface area contributed by atoms with Crippen molar-refractivity contribution in [3.63, 3.8) is 0 Å². The standard InChI is InChI=1S/C22H22N2O7/c1-27-17-8-6-5-7-14(17)24-21(25)12-31-18-11-16(22(26)30-4)23-15-10-20(29-3)19(28-2)9-13(15)18/h5-11H,12H2,1-4H3,(H,24,25). The van der Waals surface area contributed by atoms with Crippen LogP contribution in [0, 0.1) is 0 Å². The van der Waals surface area contributed by atoms with E-state index >= 15 is 0 Å². The number of nitrogens with one attached hydrogen (secondary N) is 1. The van der Waals surface area contributed by atoms with Crippen LogP contribution in [-0.4, -0.2) is 51.9 Å². The van der Waals surface area contributed by atoms with Crippen LogP contribution in [0.4, 0.5) is 5.69 Å². The second kappa shape index (κ2) is 9.66. The molecule has 0 aliphatic carbocycles. The second-order valence-electron chi connectivity index (χ2n) is 6.26. The lowest BCUT2D eigenvalue weighted by Crippen LogP contribution is -2.20. The van der Waals surface area contributed by atoms with Gasteiger partial charge in [-0.1, -0.05) is 12.1 Å². The maximum absolute atomic E-state index is 12.4. The van der Waals surface area contributed by atoms with Crippen molar-refractivity contribution < 1.29 is 33.3 Å². The number of ether oxygens (including phenoxy) is 5. The molecule has 0 saturated heterocycles. The van der Waals surface area contributed by atoms with Crippen LogP contribution in [0.5, 0.6) is 23.0 Å². The molecule has 3 rings (SSSR count). The number of nitrogens with zero attached hydrogens (tertiary/aromatic N) is 1. The van der Waals surface area contributed by atoms with E-state index in [0.29, 0.717) is 33.8 Å². The van der Waals surface area contributed by atoms with Crippen LogP contribution >= 0.6 is 0 Å². The number of methoxy groups -OCH3 is 4. The van der Waals surface area contributed by atoms with Crippen molar-refractivity contribution in [3.8, 4) is 23.0 Å². The fourth-order valence-corrected chi connectivity index (χ4v) is 2.93. The number of fused-ring (bicyclic) bond motifs is 1. The molecule has 0 saturated carbocycles. The Morgan fingerprint density at radius 3 is 2.23 bits per heavy atom. The number of esters is 1. The number of hydrogen-bond donors (Lipinski definition) is 1. The summed E-state index contributed by atoms with van der Waals surface area (Å²) < 4.78 is 26.4. The summed E-state index contributed by atoms with van der Waals surface area (Å²) in [5, 5.41) is 3.27. The highest BCUT2D eigenvalue weighted by molar-refractivity contribution is 5.96. The molecule has 3 aromatic rings. The number of amides is 1. The van der Waals surface area contributed by atoms with Crippen LogP contribution in [0.2, 0.25) is 0 Å². The molecule has 0 atom stereocenters. The highest BCUT2D eigenvalue weighted by Gasteiger charge is 2.18. The van der Waals surface area contributed by atoms with Crippen molar-refractivity contribution in [1.29, 1.82) is 0 Å². The minimum Gasteiger partial charge on any atom is -0.495 e. The average Bonchev–Trinajstić information content (AvgIpc) is 2.81. The summed E-state index contributed by atoms with van der Waals surface area (Å²) in [5.74, 6) is 0.626. The molecule has 0 unspecified atom stereocenters. The minimum absolute atomic E-state index is 0.0300. The number of anilines is 1. The van der Waals surface area contributed by atoms with Crippen molar-refractivity contribution in [1.82, 2.24) is 4.98 Å². The van der Waals surface area contributed by atoms with Gasteiger partial charge in [0.15, 0.2) is 23.8 Å². The fraction of sp³-hybridized carbons (Fsp3) is 0.227. The maximum Gasteiger partial charge on any atom is 0.356 e. The second-order valence-corrected chi connectivity index (χ2v) is 6.26. The predicted octanol–water partition coefficient (Wildman–Crippen LogP) is 3.06. The van der Waals surface area contributed by atoms with Crippen LogP contribution in [-0.2, 0) is 9.53 Å². The van der Waals surface area contributed by atoms with Crippen LogP contribution in [0.25, 0.3) is 10.9 Å². The zero-order valence-corrected chi connectivity index (χ0v) is 17.6. The first-order valence-corrected chi connectivity index (χ1v) is 9.21. The maximum atomic E-state index is 12.4. The van der Waals surface area contributed by atoms with Crippen LogP contribution in [0.3, 0.4) is 0 Å². The first-order chi connectivity index (χ1) is 15.0. The molecule has 0 spiro atoms. The Bertz CT molecular complexity index is 1110. The number of rotatable bonds is 8. The Balaban J connectivity index is 1.92. The minimum atomic E-state index is -0.639. The van der Waals surface area contributed by atoms with Crippen LogP contribution in [0.1, 0.15) is 10.5 Å². The fourth-order valence-electron chi connectivity index (χ4n) is 2.93. The Kier molecular flexibility index (Phi) is 6.76. The third-order valence-corrected chi connectivity index (χ3v) is 4.41. The number of hydrogen-bond acceptors (Lipinski definition) is 8. The molecule has 1 heterocycles. The van der Waals surface area contributed by atoms with E-state index in [-0.39, 0.29) is 18.1 Å². The lowest BCUT2D eigenvalue weighted by Gasteiger charge is -2.14. The predicted molar refractivity (Wildman–Crippen MR) is 113 cm³/mol. The largest absolute Gasteiger partial charge is 0.495 e. The van der Waals surface area contributed by atoms with E-state index in [1.807, 2.05) is 0 Å². The summed E-state index contributed by atoms with van der Waals surface area (Å²) in [6, 6.07) is 11.7. The molecule has 162 valence electrons. The molecule has 0 bridgehead atoms. The van der Waals surface area contributed by atoms with Gasteiger partial charge in [0.2, 0.25) is 0 Å². The van der Waals surface area contributed by atoms with Gasteiger partial charge in [0.25, 0.3) is 5.91 Å². The van der Waals surface area contributed by atoms with Gasteiger partial charge in [-0.3, -0.25) is 4.79 Å². The highest BCUT2D eigenvalue weighted by Crippen LogP contribution is 2.36. The van der Waals surface area contributed by atoms with E-state index in [1.165, 1.54) is 34.5 Å². The van der Waals surface area contributed by atoms with E-state index < -0.39 is 11.9 Å². The van der Waals surface area contributed by atoms with Gasteiger partial charge >= 0.3 is 5.97 Å². The van der Waals surface area contributed by atoms with Gasteiger partial charge in [-0.15, -0.1) is 0 Å². The summed E-state index contributed by atoms with van der Waals surface area (Å²) in [6.07, 6.45) is 0. The van der Waals surface area contributed by atoms with Crippen molar-refractivity contribution in [2.45, 2.75) is 0 Å². The molecule has 9 nitrogen and oxygen atoms in total. The van der Waals surface area contributed by atoms with Gasteiger partial charge in [0, 0.05) is 17.5 Å². The number of aromatic nitrogens is 1. The number of carbonyl (C=O) groups excluding carboxylic acids is 2. The Morgan fingerprint density at radius 2 is 1.55 bits per heavy atom. The van der Waals surface area contributed by atoms with Gasteiger partial charge in [0.1, 0.15) is 11.5 Å². The van der Waals surface area contributed by atoms with E-state index in [9.17, 15) is 9.59 Å². The summed E-state index contributed by atoms with van der Waals surface area (Å²) in [7, 11) is 5.76. The Morgan fingerprint density at radius 1 is 0.871 bits per heavy atom. The van der Waals surface area contributed by atoms with E-state index in [2.05, 4.69) is 10.3 Å². The third-order valence-electron chi connectivity index (χ3n) is 4.41. The molecule has 1 aromatic heterocycles. The number of carbonyl (C=O) groups is 2. The van der Waals surface area contributed by atoms with E-state index in [1.54, 1.807) is 36.4 Å². The summed E-state index contributed by atoms with van der Waals surface area (Å²) in [6.45, 7) is -0.313. The number of para-hydroxylation sites is 2.